The minimum absolute atomic E-state index is 0.226. The lowest BCUT2D eigenvalue weighted by Gasteiger charge is -2.31. The molecule has 22 heavy (non-hydrogen) atoms. The van der Waals surface area contributed by atoms with Crippen LogP contribution in [0.4, 0.5) is 9.18 Å². The van der Waals surface area contributed by atoms with Gasteiger partial charge >= 0.3 is 6.09 Å². The Morgan fingerprint density at radius 1 is 1.59 bits per heavy atom. The van der Waals surface area contributed by atoms with E-state index in [4.69, 9.17) is 21.4 Å². The molecule has 118 valence electrons. The van der Waals surface area contributed by atoms with Crippen molar-refractivity contribution in [2.24, 2.45) is 0 Å². The number of carboxylic acid groups (broad SMARTS) is 1. The molecule has 1 N–H and O–H groups in total. The van der Waals surface area contributed by atoms with Crippen molar-refractivity contribution in [3.8, 4) is 0 Å². The summed E-state index contributed by atoms with van der Waals surface area (Å²) in [4.78, 5) is 12.3. The highest BCUT2D eigenvalue weighted by Gasteiger charge is 2.25. The van der Waals surface area contributed by atoms with Crippen LogP contribution < -0.4 is 0 Å². The maximum atomic E-state index is 14.0. The molecule has 2 aromatic rings. The fourth-order valence-corrected chi connectivity index (χ4v) is 3.54. The van der Waals surface area contributed by atoms with E-state index in [-0.39, 0.29) is 19.2 Å². The Bertz CT molecular complexity index is 739. The van der Waals surface area contributed by atoms with Gasteiger partial charge < -0.3 is 14.7 Å². The number of morpholine rings is 1. The number of hydrogen-bond acceptors (Lipinski definition) is 3. The molecule has 0 unspecified atom stereocenters. The molecule has 1 aliphatic rings. The number of benzene rings is 1. The van der Waals surface area contributed by atoms with Crippen molar-refractivity contribution in [1.29, 1.82) is 0 Å². The fraction of sp³-hybridized carbons (Fsp3) is 0.385. The minimum Gasteiger partial charge on any atom is -0.465 e. The van der Waals surface area contributed by atoms with Crippen molar-refractivity contribution in [1.82, 2.24) is 14.7 Å². The molecule has 0 saturated carbocycles. The predicted octanol–water partition coefficient (Wildman–Crippen LogP) is 2.97. The highest BCUT2D eigenvalue weighted by Crippen LogP contribution is 2.30. The van der Waals surface area contributed by atoms with Gasteiger partial charge in [-0.2, -0.15) is 4.39 Å². The zero-order valence-electron chi connectivity index (χ0n) is 11.3. The van der Waals surface area contributed by atoms with Gasteiger partial charge in [-0.25, -0.2) is 4.79 Å². The molecular weight excluding hydrogens is 381 g/mol. The third-order valence-corrected chi connectivity index (χ3v) is 4.33. The smallest absolute Gasteiger partial charge is 0.407 e. The van der Waals surface area contributed by atoms with Gasteiger partial charge in [-0.1, -0.05) is 11.6 Å². The number of carbonyl (C=O) groups is 1. The fourth-order valence-electron chi connectivity index (χ4n) is 2.52. The molecule has 9 heteroatoms. The van der Waals surface area contributed by atoms with E-state index in [1.165, 1.54) is 15.6 Å². The van der Waals surface area contributed by atoms with Crippen LogP contribution in [0.2, 0.25) is 5.02 Å². The standard InChI is InChI=1S/C13H12BrClFN3O3/c14-10-4-7(15)3-9-11(10)19(17-12(9)16)6-8-5-18(13(20)21)1-2-22-8/h3-4,8H,1-2,5-6H2,(H,20,21)/t8-/m0/s1. The highest BCUT2D eigenvalue weighted by molar-refractivity contribution is 9.10. The van der Waals surface area contributed by atoms with Crippen molar-refractivity contribution >= 4 is 44.5 Å². The third kappa shape index (κ3) is 2.90. The number of halogens is 3. The first kappa shape index (κ1) is 15.5. The maximum Gasteiger partial charge on any atom is 0.407 e. The minimum atomic E-state index is -0.988. The lowest BCUT2D eigenvalue weighted by Crippen LogP contribution is -2.46. The molecular formula is C13H12BrClFN3O3. The van der Waals surface area contributed by atoms with Gasteiger partial charge in [0.1, 0.15) is 0 Å². The van der Waals surface area contributed by atoms with Crippen LogP contribution in [0.5, 0.6) is 0 Å². The topological polar surface area (TPSA) is 67.6 Å². The molecule has 3 rings (SSSR count). The summed E-state index contributed by atoms with van der Waals surface area (Å²) in [5.41, 5.74) is 0.568. The van der Waals surface area contributed by atoms with Gasteiger partial charge in [0.15, 0.2) is 0 Å². The molecule has 1 saturated heterocycles. The van der Waals surface area contributed by atoms with Gasteiger partial charge in [0.25, 0.3) is 0 Å². The lowest BCUT2D eigenvalue weighted by atomic mass is 10.2. The Balaban J connectivity index is 1.89. The van der Waals surface area contributed by atoms with E-state index in [1.54, 1.807) is 6.07 Å². The van der Waals surface area contributed by atoms with Crippen molar-refractivity contribution in [3.63, 3.8) is 0 Å². The van der Waals surface area contributed by atoms with Gasteiger partial charge in [-0.3, -0.25) is 4.68 Å². The second-order valence-electron chi connectivity index (χ2n) is 4.98. The van der Waals surface area contributed by atoms with Gasteiger partial charge in [0.2, 0.25) is 5.95 Å². The van der Waals surface area contributed by atoms with Gasteiger partial charge in [-0.05, 0) is 28.1 Å². The summed E-state index contributed by atoms with van der Waals surface area (Å²) in [6, 6.07) is 3.17. The van der Waals surface area contributed by atoms with E-state index in [9.17, 15) is 9.18 Å². The number of aromatic nitrogens is 2. The van der Waals surface area contributed by atoms with E-state index < -0.39 is 12.0 Å². The normalized spacial score (nSPS) is 18.9. The quantitative estimate of drug-likeness (QED) is 0.853. The average Bonchev–Trinajstić information content (AvgIpc) is 2.75. The maximum absolute atomic E-state index is 14.0. The van der Waals surface area contributed by atoms with Crippen molar-refractivity contribution in [2.75, 3.05) is 19.7 Å². The molecule has 0 radical (unpaired) electrons. The Kier molecular flexibility index (Phi) is 4.24. The molecule has 0 bridgehead atoms. The molecule has 1 aromatic carbocycles. The van der Waals surface area contributed by atoms with Crippen LogP contribution in [0, 0.1) is 5.95 Å². The number of fused-ring (bicyclic) bond motifs is 1. The second kappa shape index (κ2) is 6.02. The third-order valence-electron chi connectivity index (χ3n) is 3.50. The van der Waals surface area contributed by atoms with E-state index >= 15 is 0 Å². The van der Waals surface area contributed by atoms with Crippen molar-refractivity contribution in [2.45, 2.75) is 12.6 Å². The van der Waals surface area contributed by atoms with E-state index in [0.717, 1.165) is 0 Å². The van der Waals surface area contributed by atoms with Crippen LogP contribution in [0.25, 0.3) is 10.9 Å². The van der Waals surface area contributed by atoms with Crippen LogP contribution in [0.1, 0.15) is 0 Å². The first-order valence-corrected chi connectivity index (χ1v) is 7.73. The highest BCUT2D eigenvalue weighted by atomic mass is 79.9. The largest absolute Gasteiger partial charge is 0.465 e. The molecule has 1 aromatic heterocycles. The lowest BCUT2D eigenvalue weighted by molar-refractivity contribution is -0.0303. The number of ether oxygens (including phenoxy) is 1. The van der Waals surface area contributed by atoms with Gasteiger partial charge in [-0.15, -0.1) is 5.10 Å². The van der Waals surface area contributed by atoms with Crippen LogP contribution >= 0.6 is 27.5 Å². The number of amides is 1. The summed E-state index contributed by atoms with van der Waals surface area (Å²) in [5.74, 6) is -0.621. The number of rotatable bonds is 2. The zero-order valence-corrected chi connectivity index (χ0v) is 13.6. The van der Waals surface area contributed by atoms with Gasteiger partial charge in [0.05, 0.1) is 36.7 Å². The van der Waals surface area contributed by atoms with Crippen molar-refractivity contribution < 1.29 is 19.0 Å². The first-order chi connectivity index (χ1) is 10.5. The Morgan fingerprint density at radius 2 is 2.36 bits per heavy atom. The van der Waals surface area contributed by atoms with Crippen LogP contribution in [-0.2, 0) is 11.3 Å². The van der Waals surface area contributed by atoms with Gasteiger partial charge in [0, 0.05) is 16.0 Å². The zero-order chi connectivity index (χ0) is 15.9. The number of nitrogens with zero attached hydrogens (tertiary/aromatic N) is 3. The number of hydrogen-bond donors (Lipinski definition) is 1. The SMILES string of the molecule is O=C(O)N1CCO[C@H](Cn2nc(F)c3cc(Cl)cc(Br)c32)C1. The first-order valence-electron chi connectivity index (χ1n) is 6.56. The van der Waals surface area contributed by atoms with Crippen molar-refractivity contribution in [3.05, 3.63) is 27.6 Å². The van der Waals surface area contributed by atoms with Crippen LogP contribution in [-0.4, -0.2) is 51.7 Å². The van der Waals surface area contributed by atoms with E-state index in [1.807, 2.05) is 0 Å². The Morgan fingerprint density at radius 3 is 3.09 bits per heavy atom. The molecule has 0 aliphatic carbocycles. The Labute approximate surface area is 138 Å². The molecule has 1 aliphatic heterocycles. The monoisotopic (exact) mass is 391 g/mol. The summed E-state index contributed by atoms with van der Waals surface area (Å²) in [5, 5.41) is 13.6. The van der Waals surface area contributed by atoms with E-state index in [0.29, 0.717) is 33.5 Å². The molecule has 1 atom stereocenters. The second-order valence-corrected chi connectivity index (χ2v) is 6.27. The summed E-state index contributed by atoms with van der Waals surface area (Å²) in [6.07, 6.45) is -1.37. The van der Waals surface area contributed by atoms with Crippen LogP contribution in [0.15, 0.2) is 16.6 Å². The molecule has 6 nitrogen and oxygen atoms in total. The molecule has 1 amide bonds. The molecule has 1 fully saturated rings. The Hall–Kier alpha value is -1.38. The summed E-state index contributed by atoms with van der Waals surface area (Å²) in [7, 11) is 0. The van der Waals surface area contributed by atoms with Crippen LogP contribution in [0.3, 0.4) is 0 Å². The summed E-state index contributed by atoms with van der Waals surface area (Å²) in [6.45, 7) is 1.12. The average molecular weight is 393 g/mol. The predicted molar refractivity (Wildman–Crippen MR) is 81.7 cm³/mol. The molecule has 2 heterocycles. The summed E-state index contributed by atoms with van der Waals surface area (Å²) >= 11 is 9.28. The molecule has 0 spiro atoms. The van der Waals surface area contributed by atoms with E-state index in [2.05, 4.69) is 21.0 Å². The summed E-state index contributed by atoms with van der Waals surface area (Å²) < 4.78 is 21.6.